The summed E-state index contributed by atoms with van der Waals surface area (Å²) < 4.78 is 0. The molecule has 1 rings (SSSR count). The molecule has 0 amide bonds. The van der Waals surface area contributed by atoms with Gasteiger partial charge in [0.2, 0.25) is 0 Å². The molecule has 0 aliphatic rings. The molecular weight excluding hydrogens is 243 g/mol. The number of hydrogen-bond donors (Lipinski definition) is 2. The van der Waals surface area contributed by atoms with Crippen LogP contribution in [-0.4, -0.2) is 0 Å². The largest absolute Gasteiger partial charge is 0.271 e. The molecule has 16 heavy (non-hydrogen) atoms. The Labute approximate surface area is 107 Å². The average Bonchev–Trinajstić information content (AvgIpc) is 2.29. The highest BCUT2D eigenvalue weighted by Gasteiger charge is 2.19. The summed E-state index contributed by atoms with van der Waals surface area (Å²) in [5, 5.41) is 1.15. The predicted octanol–water partition coefficient (Wildman–Crippen LogP) is 3.93. The molecule has 1 unspecified atom stereocenters. The summed E-state index contributed by atoms with van der Waals surface area (Å²) >= 11 is 11.9. The van der Waals surface area contributed by atoms with Crippen LogP contribution in [0.1, 0.15) is 38.3 Å². The minimum Gasteiger partial charge on any atom is -0.271 e. The Morgan fingerprint density at radius 3 is 2.25 bits per heavy atom. The maximum Gasteiger partial charge on any atom is 0.0595 e. The molecule has 1 atom stereocenters. The Morgan fingerprint density at radius 1 is 1.19 bits per heavy atom. The number of nitrogens with two attached hydrogens (primary N) is 1. The summed E-state index contributed by atoms with van der Waals surface area (Å²) in [6.45, 7) is 4.33. The van der Waals surface area contributed by atoms with Crippen molar-refractivity contribution in [2.45, 2.75) is 32.7 Å². The molecule has 3 N–H and O–H groups in total. The van der Waals surface area contributed by atoms with Gasteiger partial charge >= 0.3 is 0 Å². The van der Waals surface area contributed by atoms with Crippen LogP contribution in [0.5, 0.6) is 0 Å². The zero-order chi connectivity index (χ0) is 12.1. The number of rotatable bonds is 5. The molecule has 2 nitrogen and oxygen atoms in total. The second-order valence-corrected chi connectivity index (χ2v) is 4.71. The van der Waals surface area contributed by atoms with Crippen LogP contribution in [0.25, 0.3) is 0 Å². The van der Waals surface area contributed by atoms with Crippen LogP contribution in [-0.2, 0) is 0 Å². The lowest BCUT2D eigenvalue weighted by atomic mass is 9.89. The Balaban J connectivity index is 2.98. The lowest BCUT2D eigenvalue weighted by molar-refractivity contribution is 0.345. The van der Waals surface area contributed by atoms with E-state index in [2.05, 4.69) is 19.3 Å². The molecule has 0 heterocycles. The topological polar surface area (TPSA) is 38.0 Å². The van der Waals surface area contributed by atoms with Crippen LogP contribution in [0.3, 0.4) is 0 Å². The SMILES string of the molecule is CCC(CC)C(NN)c1ccc(Cl)c(Cl)c1. The number of halogens is 2. The van der Waals surface area contributed by atoms with E-state index in [4.69, 9.17) is 29.0 Å². The molecule has 0 radical (unpaired) electrons. The van der Waals surface area contributed by atoms with E-state index in [0.717, 1.165) is 18.4 Å². The Kier molecular flexibility index (Phi) is 5.56. The minimum absolute atomic E-state index is 0.129. The van der Waals surface area contributed by atoms with Gasteiger partial charge in [-0.25, -0.2) is 0 Å². The predicted molar refractivity (Wildman–Crippen MR) is 70.6 cm³/mol. The maximum atomic E-state index is 6.01. The zero-order valence-electron chi connectivity index (χ0n) is 9.63. The van der Waals surface area contributed by atoms with Gasteiger partial charge in [0.1, 0.15) is 0 Å². The molecule has 0 bridgehead atoms. The number of hydrazine groups is 1. The van der Waals surface area contributed by atoms with Gasteiger partial charge in [-0.1, -0.05) is 56.0 Å². The maximum absolute atomic E-state index is 6.01. The lowest BCUT2D eigenvalue weighted by Crippen LogP contribution is -2.33. The van der Waals surface area contributed by atoms with E-state index in [1.807, 2.05) is 18.2 Å². The van der Waals surface area contributed by atoms with Crippen molar-refractivity contribution < 1.29 is 0 Å². The van der Waals surface area contributed by atoms with Crippen LogP contribution >= 0.6 is 23.2 Å². The van der Waals surface area contributed by atoms with Crippen molar-refractivity contribution in [3.8, 4) is 0 Å². The van der Waals surface area contributed by atoms with E-state index in [9.17, 15) is 0 Å². The standard InChI is InChI=1S/C12H18Cl2N2/c1-3-8(4-2)12(16-15)9-5-6-10(13)11(14)7-9/h5-8,12,16H,3-4,15H2,1-2H3. The molecule has 0 saturated carbocycles. The third kappa shape index (κ3) is 3.11. The second-order valence-electron chi connectivity index (χ2n) is 3.89. The highest BCUT2D eigenvalue weighted by Crippen LogP contribution is 2.31. The van der Waals surface area contributed by atoms with Crippen molar-refractivity contribution in [3.63, 3.8) is 0 Å². The molecule has 1 aromatic rings. The summed E-state index contributed by atoms with van der Waals surface area (Å²) in [7, 11) is 0. The Bertz CT molecular complexity index is 338. The van der Waals surface area contributed by atoms with E-state index in [0.29, 0.717) is 16.0 Å². The smallest absolute Gasteiger partial charge is 0.0595 e. The van der Waals surface area contributed by atoms with Crippen LogP contribution in [0.15, 0.2) is 18.2 Å². The van der Waals surface area contributed by atoms with Crippen LogP contribution in [0, 0.1) is 5.92 Å². The minimum atomic E-state index is 0.129. The van der Waals surface area contributed by atoms with Gasteiger partial charge < -0.3 is 0 Å². The first-order chi connectivity index (χ1) is 7.63. The first-order valence-electron chi connectivity index (χ1n) is 5.55. The Morgan fingerprint density at radius 2 is 1.81 bits per heavy atom. The van der Waals surface area contributed by atoms with Gasteiger partial charge in [-0.15, -0.1) is 0 Å². The summed E-state index contributed by atoms with van der Waals surface area (Å²) in [6.07, 6.45) is 2.15. The van der Waals surface area contributed by atoms with Crippen molar-refractivity contribution in [2.24, 2.45) is 11.8 Å². The van der Waals surface area contributed by atoms with Gasteiger partial charge in [0.25, 0.3) is 0 Å². The van der Waals surface area contributed by atoms with Gasteiger partial charge in [0.05, 0.1) is 10.0 Å². The first kappa shape index (κ1) is 13.8. The third-order valence-electron chi connectivity index (χ3n) is 3.00. The van der Waals surface area contributed by atoms with E-state index in [-0.39, 0.29) is 6.04 Å². The lowest BCUT2D eigenvalue weighted by Gasteiger charge is -2.25. The molecule has 0 spiro atoms. The third-order valence-corrected chi connectivity index (χ3v) is 3.74. The van der Waals surface area contributed by atoms with Crippen molar-refractivity contribution >= 4 is 23.2 Å². The highest BCUT2D eigenvalue weighted by atomic mass is 35.5. The van der Waals surface area contributed by atoms with E-state index in [1.165, 1.54) is 0 Å². The molecule has 0 aliphatic carbocycles. The van der Waals surface area contributed by atoms with E-state index in [1.54, 1.807) is 0 Å². The van der Waals surface area contributed by atoms with Crippen molar-refractivity contribution in [2.75, 3.05) is 0 Å². The normalized spacial score (nSPS) is 13.1. The fraction of sp³-hybridized carbons (Fsp3) is 0.500. The molecule has 4 heteroatoms. The highest BCUT2D eigenvalue weighted by molar-refractivity contribution is 6.42. The second kappa shape index (κ2) is 6.45. The summed E-state index contributed by atoms with van der Waals surface area (Å²) in [5.74, 6) is 6.12. The van der Waals surface area contributed by atoms with Gasteiger partial charge in [0.15, 0.2) is 0 Å². The van der Waals surface area contributed by atoms with Crippen molar-refractivity contribution in [3.05, 3.63) is 33.8 Å². The average molecular weight is 261 g/mol. The fourth-order valence-electron chi connectivity index (χ4n) is 1.97. The van der Waals surface area contributed by atoms with Crippen molar-refractivity contribution in [1.82, 2.24) is 5.43 Å². The number of benzene rings is 1. The quantitative estimate of drug-likeness (QED) is 0.622. The molecule has 0 aromatic heterocycles. The fourth-order valence-corrected chi connectivity index (χ4v) is 2.28. The van der Waals surface area contributed by atoms with Crippen LogP contribution in [0.2, 0.25) is 10.0 Å². The summed E-state index contributed by atoms with van der Waals surface area (Å²) in [6, 6.07) is 5.79. The molecule has 0 aliphatic heterocycles. The van der Waals surface area contributed by atoms with Gasteiger partial charge in [0, 0.05) is 6.04 Å². The monoisotopic (exact) mass is 260 g/mol. The van der Waals surface area contributed by atoms with Crippen LogP contribution < -0.4 is 11.3 Å². The number of nitrogens with one attached hydrogen (secondary N) is 1. The van der Waals surface area contributed by atoms with Crippen LogP contribution in [0.4, 0.5) is 0 Å². The molecule has 0 saturated heterocycles. The number of hydrogen-bond acceptors (Lipinski definition) is 2. The van der Waals surface area contributed by atoms with Crippen molar-refractivity contribution in [1.29, 1.82) is 0 Å². The molecule has 1 aromatic carbocycles. The van der Waals surface area contributed by atoms with Gasteiger partial charge in [-0.2, -0.15) is 0 Å². The van der Waals surface area contributed by atoms with E-state index < -0.39 is 0 Å². The van der Waals surface area contributed by atoms with Gasteiger partial charge in [-0.3, -0.25) is 11.3 Å². The molecule has 0 fully saturated rings. The molecular formula is C12H18Cl2N2. The Hall–Kier alpha value is -0.280. The zero-order valence-corrected chi connectivity index (χ0v) is 11.1. The van der Waals surface area contributed by atoms with Gasteiger partial charge in [-0.05, 0) is 23.6 Å². The first-order valence-corrected chi connectivity index (χ1v) is 6.30. The summed E-state index contributed by atoms with van der Waals surface area (Å²) in [4.78, 5) is 0. The summed E-state index contributed by atoms with van der Waals surface area (Å²) in [5.41, 5.74) is 3.95. The van der Waals surface area contributed by atoms with E-state index >= 15 is 0 Å². The molecule has 90 valence electrons.